The first-order valence-electron chi connectivity index (χ1n) is 7.74. The molecule has 1 amide bonds. The van der Waals surface area contributed by atoms with E-state index in [1.54, 1.807) is 51.3 Å². The minimum atomic E-state index is -0.498. The highest BCUT2D eigenvalue weighted by Crippen LogP contribution is 2.21. The Kier molecular flexibility index (Phi) is 5.94. The molecule has 0 spiro atoms. The second-order valence-corrected chi connectivity index (χ2v) is 5.57. The fraction of sp³-hybridized carbons (Fsp3) is 0.278. The van der Waals surface area contributed by atoms with Crippen LogP contribution in [0, 0.1) is 17.0 Å². The molecule has 0 aliphatic carbocycles. The molecule has 2 rings (SSSR count). The number of carbonyl (C=O) groups excluding carboxylic acids is 1. The summed E-state index contributed by atoms with van der Waals surface area (Å²) in [6, 6.07) is 11.3. The standard InChI is InChI=1S/C18H20N2O5/c1-12(11-25-15-9-7-14(24-3)8-10-15)19-18(21)16-5-4-6-17(13(16)2)20(22)23/h4-10,12H,11H2,1-3H3,(H,19,21)/t12-/m0/s1. The first kappa shape index (κ1) is 18.3. The van der Waals surface area contributed by atoms with Crippen molar-refractivity contribution in [2.24, 2.45) is 0 Å². The van der Waals surface area contributed by atoms with Gasteiger partial charge in [0.25, 0.3) is 11.6 Å². The maximum absolute atomic E-state index is 12.3. The summed E-state index contributed by atoms with van der Waals surface area (Å²) < 4.78 is 10.7. The third-order valence-corrected chi connectivity index (χ3v) is 3.68. The van der Waals surface area contributed by atoms with Gasteiger partial charge < -0.3 is 14.8 Å². The summed E-state index contributed by atoms with van der Waals surface area (Å²) >= 11 is 0. The molecule has 0 aliphatic heterocycles. The molecule has 0 radical (unpaired) electrons. The van der Waals surface area contributed by atoms with Crippen LogP contribution in [0.5, 0.6) is 11.5 Å². The summed E-state index contributed by atoms with van der Waals surface area (Å²) in [7, 11) is 1.59. The smallest absolute Gasteiger partial charge is 0.273 e. The van der Waals surface area contributed by atoms with Crippen LogP contribution in [0.1, 0.15) is 22.8 Å². The van der Waals surface area contributed by atoms with E-state index in [1.807, 2.05) is 0 Å². The van der Waals surface area contributed by atoms with Crippen molar-refractivity contribution in [1.29, 1.82) is 0 Å². The average molecular weight is 344 g/mol. The van der Waals surface area contributed by atoms with Crippen LogP contribution in [-0.4, -0.2) is 30.6 Å². The Balaban J connectivity index is 1.95. The molecule has 132 valence electrons. The van der Waals surface area contributed by atoms with E-state index < -0.39 is 4.92 Å². The van der Waals surface area contributed by atoms with Gasteiger partial charge in [-0.25, -0.2) is 0 Å². The molecule has 7 heteroatoms. The SMILES string of the molecule is COc1ccc(OC[C@H](C)NC(=O)c2cccc([N+](=O)[O-])c2C)cc1. The molecule has 7 nitrogen and oxygen atoms in total. The Hall–Kier alpha value is -3.09. The predicted molar refractivity (Wildman–Crippen MR) is 93.3 cm³/mol. The van der Waals surface area contributed by atoms with E-state index in [9.17, 15) is 14.9 Å². The van der Waals surface area contributed by atoms with Crippen molar-refractivity contribution in [3.63, 3.8) is 0 Å². The molecule has 0 heterocycles. The molecule has 0 saturated heterocycles. The van der Waals surface area contributed by atoms with Crippen LogP contribution in [0.25, 0.3) is 0 Å². The minimum Gasteiger partial charge on any atom is -0.497 e. The summed E-state index contributed by atoms with van der Waals surface area (Å²) in [5.41, 5.74) is 0.550. The number of carbonyl (C=O) groups is 1. The molecule has 2 aromatic carbocycles. The van der Waals surface area contributed by atoms with E-state index in [1.165, 1.54) is 12.1 Å². The van der Waals surface area contributed by atoms with Crippen molar-refractivity contribution in [1.82, 2.24) is 5.32 Å². The van der Waals surface area contributed by atoms with Crippen molar-refractivity contribution in [3.05, 3.63) is 63.7 Å². The minimum absolute atomic E-state index is 0.0743. The van der Waals surface area contributed by atoms with Crippen LogP contribution in [0.15, 0.2) is 42.5 Å². The van der Waals surface area contributed by atoms with E-state index >= 15 is 0 Å². The summed E-state index contributed by atoms with van der Waals surface area (Å²) in [4.78, 5) is 22.8. The van der Waals surface area contributed by atoms with Gasteiger partial charge in [-0.1, -0.05) is 6.07 Å². The van der Waals surface area contributed by atoms with E-state index in [-0.39, 0.29) is 29.8 Å². The lowest BCUT2D eigenvalue weighted by Gasteiger charge is -2.16. The zero-order valence-electron chi connectivity index (χ0n) is 14.3. The van der Waals surface area contributed by atoms with Gasteiger partial charge in [0.1, 0.15) is 18.1 Å². The van der Waals surface area contributed by atoms with Gasteiger partial charge in [-0.2, -0.15) is 0 Å². The number of hydrogen-bond donors (Lipinski definition) is 1. The second kappa shape index (κ2) is 8.14. The summed E-state index contributed by atoms with van der Waals surface area (Å²) in [5.74, 6) is 1.02. The Bertz CT molecular complexity index is 759. The van der Waals surface area contributed by atoms with Gasteiger partial charge in [-0.05, 0) is 44.2 Å². The lowest BCUT2D eigenvalue weighted by molar-refractivity contribution is -0.385. The molecule has 0 fully saturated rings. The van der Waals surface area contributed by atoms with Crippen molar-refractivity contribution < 1.29 is 19.2 Å². The molecule has 2 aromatic rings. The number of hydrogen-bond acceptors (Lipinski definition) is 5. The molecule has 0 unspecified atom stereocenters. The molecule has 0 saturated carbocycles. The zero-order valence-corrected chi connectivity index (χ0v) is 14.3. The maximum atomic E-state index is 12.3. The largest absolute Gasteiger partial charge is 0.497 e. The van der Waals surface area contributed by atoms with Gasteiger partial charge in [-0.15, -0.1) is 0 Å². The van der Waals surface area contributed by atoms with E-state index in [0.29, 0.717) is 11.3 Å². The molecule has 1 atom stereocenters. The number of benzene rings is 2. The number of nitro groups is 1. The quantitative estimate of drug-likeness (QED) is 0.615. The van der Waals surface area contributed by atoms with Crippen molar-refractivity contribution in [3.8, 4) is 11.5 Å². The Labute approximate surface area is 145 Å². The lowest BCUT2D eigenvalue weighted by Crippen LogP contribution is -2.37. The maximum Gasteiger partial charge on any atom is 0.273 e. The second-order valence-electron chi connectivity index (χ2n) is 5.57. The van der Waals surface area contributed by atoms with Crippen LogP contribution in [-0.2, 0) is 0 Å². The van der Waals surface area contributed by atoms with Gasteiger partial charge >= 0.3 is 0 Å². The number of rotatable bonds is 7. The molecule has 0 aromatic heterocycles. The van der Waals surface area contributed by atoms with Crippen LogP contribution < -0.4 is 14.8 Å². The zero-order chi connectivity index (χ0) is 18.4. The number of methoxy groups -OCH3 is 1. The molecule has 0 bridgehead atoms. The average Bonchev–Trinajstić information content (AvgIpc) is 2.60. The van der Waals surface area contributed by atoms with Gasteiger partial charge in [0, 0.05) is 17.2 Å². The Morgan fingerprint density at radius 1 is 1.20 bits per heavy atom. The van der Waals surface area contributed by atoms with Crippen molar-refractivity contribution >= 4 is 11.6 Å². The Morgan fingerprint density at radius 3 is 2.44 bits per heavy atom. The highest BCUT2D eigenvalue weighted by molar-refractivity contribution is 5.96. The third-order valence-electron chi connectivity index (χ3n) is 3.68. The number of nitrogens with zero attached hydrogens (tertiary/aromatic N) is 1. The summed E-state index contributed by atoms with van der Waals surface area (Å²) in [5, 5.41) is 13.8. The van der Waals surface area contributed by atoms with Gasteiger partial charge in [0.15, 0.2) is 0 Å². The third kappa shape index (κ3) is 4.69. The molecular formula is C18H20N2O5. The molecule has 1 N–H and O–H groups in total. The van der Waals surface area contributed by atoms with E-state index in [4.69, 9.17) is 9.47 Å². The highest BCUT2D eigenvalue weighted by Gasteiger charge is 2.19. The number of nitrogens with one attached hydrogen (secondary N) is 1. The molecule has 25 heavy (non-hydrogen) atoms. The van der Waals surface area contributed by atoms with Crippen LogP contribution in [0.3, 0.4) is 0 Å². The number of ether oxygens (including phenoxy) is 2. The monoisotopic (exact) mass is 344 g/mol. The first-order valence-corrected chi connectivity index (χ1v) is 7.74. The molecule has 0 aliphatic rings. The fourth-order valence-corrected chi connectivity index (χ4v) is 2.30. The van der Waals surface area contributed by atoms with Crippen molar-refractivity contribution in [2.45, 2.75) is 19.9 Å². The number of nitro benzene ring substituents is 1. The van der Waals surface area contributed by atoms with Crippen molar-refractivity contribution in [2.75, 3.05) is 13.7 Å². The van der Waals surface area contributed by atoms with Crippen LogP contribution >= 0.6 is 0 Å². The lowest BCUT2D eigenvalue weighted by atomic mass is 10.1. The van der Waals surface area contributed by atoms with E-state index in [0.717, 1.165) is 5.75 Å². The van der Waals surface area contributed by atoms with Gasteiger partial charge in [-0.3, -0.25) is 14.9 Å². The van der Waals surface area contributed by atoms with Gasteiger partial charge in [0.05, 0.1) is 18.1 Å². The number of amides is 1. The normalized spacial score (nSPS) is 11.5. The first-order chi connectivity index (χ1) is 11.9. The van der Waals surface area contributed by atoms with Crippen LogP contribution in [0.2, 0.25) is 0 Å². The topological polar surface area (TPSA) is 90.7 Å². The Morgan fingerprint density at radius 2 is 1.84 bits per heavy atom. The summed E-state index contributed by atoms with van der Waals surface area (Å²) in [6.07, 6.45) is 0. The molecular weight excluding hydrogens is 324 g/mol. The fourth-order valence-electron chi connectivity index (χ4n) is 2.30. The predicted octanol–water partition coefficient (Wildman–Crippen LogP) is 3.11. The van der Waals surface area contributed by atoms with E-state index in [2.05, 4.69) is 5.32 Å². The van der Waals surface area contributed by atoms with Crippen LogP contribution in [0.4, 0.5) is 5.69 Å². The van der Waals surface area contributed by atoms with Gasteiger partial charge in [0.2, 0.25) is 0 Å². The summed E-state index contributed by atoms with van der Waals surface area (Å²) in [6.45, 7) is 3.63. The highest BCUT2D eigenvalue weighted by atomic mass is 16.6.